The second kappa shape index (κ2) is 34.8. The number of likely N-dealkylation sites (tertiary alicyclic amines) is 1. The minimum Gasteiger partial charge on any atom is -0.508 e. The van der Waals surface area contributed by atoms with Gasteiger partial charge in [-0.2, -0.15) is 0 Å². The lowest BCUT2D eigenvalue weighted by molar-refractivity contribution is -0.149. The average molecular weight is 1330 g/mol. The molecular weight excluding hydrogens is 1230 g/mol. The predicted octanol–water partition coefficient (Wildman–Crippen LogP) is 6.85. The molecule has 24 nitrogen and oxygen atoms in total. The van der Waals surface area contributed by atoms with Crippen molar-refractivity contribution in [1.29, 1.82) is 0 Å². The fraction of sp³-hybridized carbons (Fsp3) is 0.528. The molecule has 4 aromatic carbocycles. The van der Waals surface area contributed by atoms with Crippen LogP contribution in [0.5, 0.6) is 11.5 Å². The largest absolute Gasteiger partial charge is 0.508 e. The minimum atomic E-state index is -1.24. The molecule has 0 bridgehead atoms. The van der Waals surface area contributed by atoms with Gasteiger partial charge in [0.1, 0.15) is 35.7 Å². The quantitative estimate of drug-likeness (QED) is 0.0218. The Kier molecular flexibility index (Phi) is 27.6. The van der Waals surface area contributed by atoms with Gasteiger partial charge in [-0.25, -0.2) is 0 Å². The van der Waals surface area contributed by atoms with Crippen LogP contribution in [0.2, 0.25) is 0 Å². The Bertz CT molecular complexity index is 3460. The lowest BCUT2D eigenvalue weighted by Crippen LogP contribution is -2.62. The third-order valence-corrected chi connectivity index (χ3v) is 18.4. The molecule has 8 amide bonds. The van der Waals surface area contributed by atoms with Crippen molar-refractivity contribution in [3.8, 4) is 28.6 Å². The van der Waals surface area contributed by atoms with Crippen LogP contribution >= 0.6 is 0 Å². The maximum atomic E-state index is 15.0. The molecule has 96 heavy (non-hydrogen) atoms. The van der Waals surface area contributed by atoms with Crippen LogP contribution in [0, 0.1) is 23.7 Å². The summed E-state index contributed by atoms with van der Waals surface area (Å²) in [5, 5.41) is 55.2. The molecule has 2 heterocycles. The van der Waals surface area contributed by atoms with Crippen molar-refractivity contribution in [1.82, 2.24) is 56.0 Å². The van der Waals surface area contributed by atoms with Crippen LogP contribution in [-0.4, -0.2) is 188 Å². The summed E-state index contributed by atoms with van der Waals surface area (Å²) in [6.45, 7) is 22.2. The van der Waals surface area contributed by atoms with E-state index in [1.165, 1.54) is 55.9 Å². The molecule has 1 aliphatic rings. The Morgan fingerprint density at radius 2 is 1.32 bits per heavy atom. The van der Waals surface area contributed by atoms with E-state index in [0.29, 0.717) is 48.2 Å². The number of benzene rings is 4. The van der Waals surface area contributed by atoms with Crippen molar-refractivity contribution >= 4 is 47.3 Å². The molecule has 5 aromatic rings. The van der Waals surface area contributed by atoms with Crippen LogP contribution in [0.1, 0.15) is 158 Å². The number of methoxy groups -OCH3 is 2. The van der Waals surface area contributed by atoms with Gasteiger partial charge in [0.2, 0.25) is 41.3 Å². The number of aromatic hydroxyl groups is 2. The maximum Gasteiger partial charge on any atom is 0.289 e. The van der Waals surface area contributed by atoms with Gasteiger partial charge in [0.15, 0.2) is 5.82 Å². The van der Waals surface area contributed by atoms with Gasteiger partial charge in [-0.05, 0) is 104 Å². The first-order chi connectivity index (χ1) is 45.5. The first-order valence-corrected chi connectivity index (χ1v) is 33.3. The van der Waals surface area contributed by atoms with Gasteiger partial charge in [0, 0.05) is 65.1 Å². The normalized spacial score (nSPS) is 16.6. The average Bonchev–Trinajstić information content (AvgIpc) is 1.54. The fourth-order valence-electron chi connectivity index (χ4n) is 12.7. The van der Waals surface area contributed by atoms with E-state index < -0.39 is 114 Å². The molecule has 1 unspecified atom stereocenters. The summed E-state index contributed by atoms with van der Waals surface area (Å²) >= 11 is 0. The van der Waals surface area contributed by atoms with Gasteiger partial charge in [-0.1, -0.05) is 129 Å². The van der Waals surface area contributed by atoms with E-state index in [2.05, 4.69) is 36.8 Å². The highest BCUT2D eigenvalue weighted by molar-refractivity contribution is 5.99. The van der Waals surface area contributed by atoms with E-state index in [1.807, 2.05) is 52.0 Å². The second-order valence-electron chi connectivity index (χ2n) is 26.2. The topological polar surface area (TPSA) is 316 Å². The second-order valence-corrected chi connectivity index (χ2v) is 26.2. The van der Waals surface area contributed by atoms with Crippen molar-refractivity contribution in [2.45, 2.75) is 182 Å². The zero-order valence-corrected chi connectivity index (χ0v) is 58.5. The van der Waals surface area contributed by atoms with Crippen molar-refractivity contribution < 1.29 is 63.1 Å². The smallest absolute Gasteiger partial charge is 0.289 e. The number of rotatable bonds is 32. The van der Waals surface area contributed by atoms with E-state index in [9.17, 15) is 48.9 Å². The Morgan fingerprint density at radius 1 is 0.688 bits per heavy atom. The van der Waals surface area contributed by atoms with Crippen LogP contribution in [-0.2, 0) is 44.7 Å². The number of nitrogens with zero attached hydrogens (tertiary/aromatic N) is 6. The summed E-state index contributed by atoms with van der Waals surface area (Å²) in [6.07, 6.45) is -0.658. The molecule has 1 aromatic heterocycles. The van der Waals surface area contributed by atoms with Crippen LogP contribution in [0.4, 0.5) is 0 Å². The summed E-state index contributed by atoms with van der Waals surface area (Å²) in [6, 6.07) is 20.4. The van der Waals surface area contributed by atoms with Crippen LogP contribution < -0.4 is 26.6 Å². The maximum absolute atomic E-state index is 15.0. The number of hydrogen-bond donors (Lipinski definition) is 8. The fourth-order valence-corrected chi connectivity index (χ4v) is 12.7. The van der Waals surface area contributed by atoms with Gasteiger partial charge in [-0.15, -0.1) is 10.2 Å². The number of phenolic OH excluding ortho intramolecular Hbond substituents is 2. The number of phenols is 2. The molecule has 0 spiro atoms. The summed E-state index contributed by atoms with van der Waals surface area (Å²) in [5.74, 6) is -6.59. The first kappa shape index (κ1) is 76.3. The molecule has 1 fully saturated rings. The van der Waals surface area contributed by atoms with E-state index in [4.69, 9.17) is 9.47 Å². The molecule has 0 radical (unpaired) electrons. The first-order valence-electron chi connectivity index (χ1n) is 33.3. The number of carbonyl (C=O) groups is 8. The van der Waals surface area contributed by atoms with E-state index in [0.717, 1.165) is 0 Å². The highest BCUT2D eigenvalue weighted by Crippen LogP contribution is 2.39. The third-order valence-electron chi connectivity index (χ3n) is 18.4. The third kappa shape index (κ3) is 18.4. The molecule has 24 heteroatoms. The summed E-state index contributed by atoms with van der Waals surface area (Å²) < 4.78 is 13.5. The zero-order valence-electron chi connectivity index (χ0n) is 58.5. The molecule has 0 aliphatic carbocycles. The van der Waals surface area contributed by atoms with Gasteiger partial charge in [-0.3, -0.25) is 42.9 Å². The number of ether oxygens (including phenoxy) is 2. The number of aliphatic hydroxyl groups is 1. The Hall–Kier alpha value is -8.74. The number of aliphatic hydroxyl groups excluding tert-OH is 1. The van der Waals surface area contributed by atoms with Crippen molar-refractivity contribution in [2.75, 3.05) is 41.4 Å². The highest BCUT2D eigenvalue weighted by Gasteiger charge is 2.44. The summed E-state index contributed by atoms with van der Waals surface area (Å²) in [5.41, 5.74) is 2.56. The molecule has 1 saturated heterocycles. The van der Waals surface area contributed by atoms with Crippen LogP contribution in [0.25, 0.3) is 17.1 Å². The van der Waals surface area contributed by atoms with Crippen molar-refractivity contribution in [2.24, 2.45) is 23.7 Å². The van der Waals surface area contributed by atoms with E-state index in [1.54, 1.807) is 120 Å². The zero-order chi connectivity index (χ0) is 71.0. The van der Waals surface area contributed by atoms with Gasteiger partial charge >= 0.3 is 0 Å². The number of aromatic nitrogens is 3. The Labute approximate surface area is 564 Å². The SMILES string of the molecule is CCNC(=O)c1nnc(-c2cc(C(C)C)c(O)cc2O)n1-c1ccc(C(=O)N[C@@H](C)C(=O)N[C@@H](Cc2ccccc2)C(=O)N(C)[C@@H](C(=O)N[C@H](C(=O)N(C)C([C@@H](C)CC)[C@@H](CC(=O)N2CCC[C@@H]2[C@@H](OC)[C@@H](C)C(=O)N[C@@H](C)[C@H](O)c2ccccc2)OC)C(C)C)C(C)C)cc1. The molecule has 12 atom stereocenters. The minimum absolute atomic E-state index is 0.00872. The number of amides is 8. The summed E-state index contributed by atoms with van der Waals surface area (Å²) in [4.78, 5) is 119. The standard InChI is InChI=1S/C72H101N11O13/c1-17-43(9)61(57(95-15)39-58(86)82-35-25-30-54(82)63(96-16)44(10)66(88)74-45(11)62(87)48-28-23-20-24-29-48)81(14)72(94)59(41(5)6)77-69(91)60(42(7)8)80(13)71(93)53(36-47-26-21-19-22-27-47)76-67(89)46(12)75-68(90)49-31-33-50(34-32-49)83-64(78-79-65(83)70(92)73-18-2)52-37-51(40(3)4)55(84)38-56(52)85/h19-24,26-29,31-34,37-38,40-46,53-54,57,59-63,84-85,87H,17-18,25,30,35-36,39H2,1-16H3,(H,73,92)(H,74,88)(H,75,90)(H,76,89)(H,77,91)/t43-,44+,45-,46-,53-,54+,57+,59-,60+,61?,62-,63-/m0/s1. The highest BCUT2D eigenvalue weighted by atomic mass is 16.5. The molecular formula is C72H101N11O13. The monoisotopic (exact) mass is 1330 g/mol. The van der Waals surface area contributed by atoms with Crippen LogP contribution in [0.3, 0.4) is 0 Å². The molecule has 522 valence electrons. The van der Waals surface area contributed by atoms with Crippen LogP contribution in [0.15, 0.2) is 97.1 Å². The molecule has 1 aliphatic heterocycles. The lowest BCUT2D eigenvalue weighted by atomic mass is 9.89. The van der Waals surface area contributed by atoms with Gasteiger partial charge in [0.25, 0.3) is 11.8 Å². The Morgan fingerprint density at radius 3 is 1.90 bits per heavy atom. The molecule has 6 rings (SSSR count). The van der Waals surface area contributed by atoms with Crippen molar-refractivity contribution in [3.05, 3.63) is 125 Å². The van der Waals surface area contributed by atoms with E-state index in [-0.39, 0.29) is 77.3 Å². The summed E-state index contributed by atoms with van der Waals surface area (Å²) in [7, 11) is 6.12. The number of carbonyl (C=O) groups excluding carboxylic acids is 8. The Balaban J connectivity index is 1.16. The molecule has 0 saturated carbocycles. The molecule has 8 N–H and O–H groups in total. The number of nitrogens with one attached hydrogen (secondary N) is 5. The van der Waals surface area contributed by atoms with Crippen molar-refractivity contribution in [3.63, 3.8) is 0 Å². The lowest BCUT2D eigenvalue weighted by Gasteiger charge is -2.41. The number of hydrogen-bond acceptors (Lipinski definition) is 15. The van der Waals surface area contributed by atoms with E-state index >= 15 is 4.79 Å². The van der Waals surface area contributed by atoms with Gasteiger partial charge in [0.05, 0.1) is 54.3 Å². The number of likely N-dealkylation sites (N-methyl/N-ethyl adjacent to an activating group) is 2. The van der Waals surface area contributed by atoms with Gasteiger partial charge < -0.3 is 66.1 Å². The predicted molar refractivity (Wildman–Crippen MR) is 365 cm³/mol.